The van der Waals surface area contributed by atoms with Crippen molar-refractivity contribution in [3.8, 4) is 0 Å². The maximum atomic E-state index is 6.93. The van der Waals surface area contributed by atoms with E-state index in [1.165, 1.54) is 10.4 Å². The van der Waals surface area contributed by atoms with Crippen LogP contribution in [0.5, 0.6) is 0 Å². The molecular weight excluding hydrogens is 412 g/mol. The van der Waals surface area contributed by atoms with Gasteiger partial charge < -0.3 is 4.43 Å². The monoisotopic (exact) mass is 444 g/mol. The molecule has 0 aliphatic carbocycles. The molecule has 0 aliphatic heterocycles. The lowest BCUT2D eigenvalue weighted by Gasteiger charge is -2.43. The Morgan fingerprint density at radius 2 is 1.48 bits per heavy atom. The summed E-state index contributed by atoms with van der Waals surface area (Å²) >= 11 is 3.48. The van der Waals surface area contributed by atoms with Crippen LogP contribution in [-0.4, -0.2) is 14.9 Å². The second-order valence-corrected chi connectivity index (χ2v) is 13.9. The molecule has 0 aliphatic rings. The Morgan fingerprint density at radius 3 is 1.89 bits per heavy atom. The first kappa shape index (κ1) is 22.1. The number of rotatable bonds is 9. The molecule has 2 aromatic rings. The Morgan fingerprint density at radius 1 is 1.00 bits per heavy atom. The Balaban J connectivity index is 2.29. The van der Waals surface area contributed by atoms with Crippen molar-refractivity contribution in [3.05, 3.63) is 71.7 Å². The summed E-state index contributed by atoms with van der Waals surface area (Å²) in [4.78, 5) is 0. The molecule has 0 fully saturated rings. The summed E-state index contributed by atoms with van der Waals surface area (Å²) in [6.07, 6.45) is 3.26. The van der Waals surface area contributed by atoms with Crippen LogP contribution in [0, 0.1) is 5.92 Å². The van der Waals surface area contributed by atoms with Gasteiger partial charge in [0, 0.05) is 6.61 Å². The Labute approximate surface area is 175 Å². The van der Waals surface area contributed by atoms with Gasteiger partial charge in [-0.05, 0) is 45.1 Å². The molecule has 0 spiro atoms. The van der Waals surface area contributed by atoms with Crippen molar-refractivity contribution in [2.24, 2.45) is 5.92 Å². The Bertz CT molecular complexity index is 667. The largest absolute Gasteiger partial charge is 0.407 e. The molecule has 0 saturated heterocycles. The summed E-state index contributed by atoms with van der Waals surface area (Å²) in [6, 6.07) is 21.7. The van der Waals surface area contributed by atoms with E-state index in [1.54, 1.807) is 0 Å². The van der Waals surface area contributed by atoms with Crippen LogP contribution in [-0.2, 0) is 4.43 Å². The average molecular weight is 446 g/mol. The van der Waals surface area contributed by atoms with Gasteiger partial charge in [-0.1, -0.05) is 111 Å². The molecule has 0 N–H and O–H groups in total. The Hall–Kier alpha value is -1.16. The molecule has 0 heterocycles. The van der Waals surface area contributed by atoms with Crippen LogP contribution in [0.2, 0.25) is 5.04 Å². The fraction of sp³-hybridized carbons (Fsp3) is 0.417. The quantitative estimate of drug-likeness (QED) is 0.326. The van der Waals surface area contributed by atoms with Crippen molar-refractivity contribution in [2.45, 2.75) is 52.0 Å². The van der Waals surface area contributed by atoms with Gasteiger partial charge in [-0.15, -0.1) is 0 Å². The minimum Gasteiger partial charge on any atom is -0.407 e. The van der Waals surface area contributed by atoms with Crippen molar-refractivity contribution < 1.29 is 4.43 Å². The second kappa shape index (κ2) is 9.86. The Kier molecular flexibility index (Phi) is 8.08. The highest BCUT2D eigenvalue weighted by Crippen LogP contribution is 2.37. The van der Waals surface area contributed by atoms with E-state index in [9.17, 15) is 0 Å². The predicted octanol–water partition coefficient (Wildman–Crippen LogP) is 6.28. The maximum Gasteiger partial charge on any atom is 0.261 e. The summed E-state index contributed by atoms with van der Waals surface area (Å²) in [7, 11) is -2.38. The molecule has 0 saturated carbocycles. The second-order valence-electron chi connectivity index (χ2n) is 8.48. The van der Waals surface area contributed by atoms with E-state index in [-0.39, 0.29) is 5.04 Å². The highest BCUT2D eigenvalue weighted by Gasteiger charge is 2.49. The summed E-state index contributed by atoms with van der Waals surface area (Å²) in [5, 5.41) is 2.75. The van der Waals surface area contributed by atoms with Crippen LogP contribution in [0.15, 0.2) is 71.7 Å². The van der Waals surface area contributed by atoms with Gasteiger partial charge in [0.2, 0.25) is 0 Å². The lowest BCUT2D eigenvalue weighted by Crippen LogP contribution is -2.66. The van der Waals surface area contributed by atoms with Gasteiger partial charge in [0.1, 0.15) is 0 Å². The van der Waals surface area contributed by atoms with E-state index in [1.807, 2.05) is 0 Å². The molecule has 1 nitrogen and oxygen atoms in total. The first-order chi connectivity index (χ1) is 12.8. The van der Waals surface area contributed by atoms with E-state index in [0.29, 0.717) is 5.92 Å². The number of benzene rings is 2. The summed E-state index contributed by atoms with van der Waals surface area (Å²) < 4.78 is 8.01. The SMILES string of the molecule is C=C(Br)C[C@@H](C)CCCO[Si](c1ccccc1)(c1ccccc1)C(C)(C)C. The third-order valence-electron chi connectivity index (χ3n) is 5.15. The lowest BCUT2D eigenvalue weighted by atomic mass is 10.0. The standard InChI is InChI=1S/C24H33BrOSi/c1-20(19-21(2)25)13-12-18-26-27(24(3,4)5,22-14-8-6-9-15-22)23-16-10-7-11-17-23/h6-11,14-17,20H,2,12-13,18-19H2,1,3-5H3/t20-/m0/s1. The molecule has 0 amide bonds. The summed E-state index contributed by atoms with van der Waals surface area (Å²) in [5.41, 5.74) is 0. The molecule has 2 rings (SSSR count). The first-order valence-corrected chi connectivity index (χ1v) is 12.6. The fourth-order valence-electron chi connectivity index (χ4n) is 3.90. The molecule has 1 atom stereocenters. The molecule has 27 heavy (non-hydrogen) atoms. The minimum atomic E-state index is -2.38. The van der Waals surface area contributed by atoms with Crippen molar-refractivity contribution in [3.63, 3.8) is 0 Å². The van der Waals surface area contributed by atoms with Gasteiger partial charge in [-0.3, -0.25) is 0 Å². The number of hydrogen-bond acceptors (Lipinski definition) is 1. The van der Waals surface area contributed by atoms with Crippen LogP contribution in [0.25, 0.3) is 0 Å². The molecule has 0 unspecified atom stereocenters. The zero-order valence-corrected chi connectivity index (χ0v) is 19.8. The molecule has 146 valence electrons. The van der Waals surface area contributed by atoms with Gasteiger partial charge in [0.05, 0.1) is 0 Å². The number of hydrogen-bond donors (Lipinski definition) is 0. The van der Waals surface area contributed by atoms with Crippen LogP contribution < -0.4 is 10.4 Å². The van der Waals surface area contributed by atoms with E-state index in [4.69, 9.17) is 4.43 Å². The fourth-order valence-corrected chi connectivity index (χ4v) is 9.06. The predicted molar refractivity (Wildman–Crippen MR) is 125 cm³/mol. The van der Waals surface area contributed by atoms with E-state index in [2.05, 4.69) is 111 Å². The topological polar surface area (TPSA) is 9.23 Å². The normalized spacial score (nSPS) is 13.4. The van der Waals surface area contributed by atoms with Crippen LogP contribution >= 0.6 is 15.9 Å². The smallest absolute Gasteiger partial charge is 0.261 e. The van der Waals surface area contributed by atoms with Gasteiger partial charge in [0.15, 0.2) is 0 Å². The van der Waals surface area contributed by atoms with Gasteiger partial charge in [-0.25, -0.2) is 0 Å². The van der Waals surface area contributed by atoms with Crippen molar-refractivity contribution >= 4 is 34.6 Å². The molecular formula is C24H33BrOSi. The highest BCUT2D eigenvalue weighted by atomic mass is 79.9. The highest BCUT2D eigenvalue weighted by molar-refractivity contribution is 9.11. The molecule has 2 aromatic carbocycles. The van der Waals surface area contributed by atoms with Crippen LogP contribution in [0.3, 0.4) is 0 Å². The zero-order chi connectivity index (χ0) is 19.9. The summed E-state index contributed by atoms with van der Waals surface area (Å²) in [6.45, 7) is 14.0. The molecule has 3 heteroatoms. The molecule has 0 bridgehead atoms. The zero-order valence-electron chi connectivity index (χ0n) is 17.2. The maximum absolute atomic E-state index is 6.93. The first-order valence-electron chi connectivity index (χ1n) is 9.85. The lowest BCUT2D eigenvalue weighted by molar-refractivity contribution is 0.278. The molecule has 0 aromatic heterocycles. The van der Waals surface area contributed by atoms with Crippen molar-refractivity contribution in [1.82, 2.24) is 0 Å². The van der Waals surface area contributed by atoms with Crippen LogP contribution in [0.1, 0.15) is 47.0 Å². The third kappa shape index (κ3) is 5.66. The van der Waals surface area contributed by atoms with Gasteiger partial charge in [0.25, 0.3) is 8.32 Å². The average Bonchev–Trinajstić information content (AvgIpc) is 2.61. The van der Waals surface area contributed by atoms with E-state index in [0.717, 1.165) is 30.4 Å². The number of halogens is 1. The van der Waals surface area contributed by atoms with E-state index < -0.39 is 8.32 Å². The minimum absolute atomic E-state index is 0.0471. The number of allylic oxidation sites excluding steroid dienone is 1. The van der Waals surface area contributed by atoms with Gasteiger partial charge >= 0.3 is 0 Å². The van der Waals surface area contributed by atoms with Crippen molar-refractivity contribution in [2.75, 3.05) is 6.61 Å². The van der Waals surface area contributed by atoms with Gasteiger partial charge in [-0.2, -0.15) is 0 Å². The summed E-state index contributed by atoms with van der Waals surface area (Å²) in [5.74, 6) is 0.625. The van der Waals surface area contributed by atoms with E-state index >= 15 is 0 Å². The van der Waals surface area contributed by atoms with Crippen molar-refractivity contribution in [1.29, 1.82) is 0 Å². The molecule has 0 radical (unpaired) electrons. The third-order valence-corrected chi connectivity index (χ3v) is 10.5. The van der Waals surface area contributed by atoms with Crippen LogP contribution in [0.4, 0.5) is 0 Å².